The number of benzene rings is 1. The van der Waals surface area contributed by atoms with Gasteiger partial charge in [0.15, 0.2) is 10.9 Å². The molecule has 7 nitrogen and oxygen atoms in total. The van der Waals surface area contributed by atoms with Crippen LogP contribution in [0.15, 0.2) is 52.0 Å². The van der Waals surface area contributed by atoms with Gasteiger partial charge in [0, 0.05) is 6.54 Å². The number of furan rings is 1. The maximum absolute atomic E-state index is 10.4. The average molecular weight is 304 g/mol. The highest BCUT2D eigenvalue weighted by Crippen LogP contribution is 2.13. The molecule has 0 amide bonds. The van der Waals surface area contributed by atoms with E-state index in [9.17, 15) is 10.1 Å². The van der Waals surface area contributed by atoms with Crippen molar-refractivity contribution in [2.45, 2.75) is 6.54 Å². The summed E-state index contributed by atoms with van der Waals surface area (Å²) in [5.74, 6) is -0.0683. The summed E-state index contributed by atoms with van der Waals surface area (Å²) in [7, 11) is 0. The zero-order valence-corrected chi connectivity index (χ0v) is 11.7. The van der Waals surface area contributed by atoms with Crippen molar-refractivity contribution < 1.29 is 9.34 Å². The Morgan fingerprint density at radius 3 is 2.76 bits per heavy atom. The molecule has 0 aliphatic heterocycles. The van der Waals surface area contributed by atoms with E-state index >= 15 is 0 Å². The summed E-state index contributed by atoms with van der Waals surface area (Å²) in [6, 6.07) is 12.5. The zero-order chi connectivity index (χ0) is 15.1. The number of hydrogen-bond donors (Lipinski definition) is 2. The van der Waals surface area contributed by atoms with E-state index in [0.29, 0.717) is 11.7 Å². The van der Waals surface area contributed by atoms with Crippen LogP contribution in [0.5, 0.6) is 0 Å². The highest BCUT2D eigenvalue weighted by atomic mass is 32.1. The molecule has 1 aromatic carbocycles. The molecule has 0 fully saturated rings. The molecular weight excluding hydrogens is 292 g/mol. The lowest BCUT2D eigenvalue weighted by molar-refractivity contribution is -0.402. The highest BCUT2D eigenvalue weighted by Gasteiger charge is 2.10. The lowest BCUT2D eigenvalue weighted by atomic mass is 10.2. The molecule has 0 saturated carbocycles. The Labute approximate surface area is 125 Å². The van der Waals surface area contributed by atoms with Gasteiger partial charge in [0.2, 0.25) is 0 Å². The minimum Gasteiger partial charge on any atom is -0.400 e. The third kappa shape index (κ3) is 4.69. The quantitative estimate of drug-likeness (QED) is 0.381. The van der Waals surface area contributed by atoms with Crippen molar-refractivity contribution in [1.82, 2.24) is 10.7 Å². The van der Waals surface area contributed by atoms with Crippen LogP contribution >= 0.6 is 12.2 Å². The van der Waals surface area contributed by atoms with E-state index in [4.69, 9.17) is 16.6 Å². The first-order chi connectivity index (χ1) is 10.1. The number of hydrogen-bond acceptors (Lipinski definition) is 5. The molecule has 0 atom stereocenters. The Bertz CT molecular complexity index is 654. The van der Waals surface area contributed by atoms with Crippen molar-refractivity contribution in [2.24, 2.45) is 5.10 Å². The molecule has 1 heterocycles. The molecule has 2 rings (SSSR count). The number of nitrogens with one attached hydrogen (secondary N) is 2. The summed E-state index contributed by atoms with van der Waals surface area (Å²) in [5, 5.41) is 17.6. The average Bonchev–Trinajstić information content (AvgIpc) is 2.95. The van der Waals surface area contributed by atoms with E-state index in [1.54, 1.807) is 0 Å². The highest BCUT2D eigenvalue weighted by molar-refractivity contribution is 7.80. The van der Waals surface area contributed by atoms with Gasteiger partial charge in [-0.15, -0.1) is 0 Å². The Balaban J connectivity index is 1.77. The van der Waals surface area contributed by atoms with Gasteiger partial charge < -0.3 is 9.73 Å². The van der Waals surface area contributed by atoms with Gasteiger partial charge in [0.1, 0.15) is 4.92 Å². The molecule has 108 valence electrons. The van der Waals surface area contributed by atoms with E-state index in [1.807, 2.05) is 30.3 Å². The Morgan fingerprint density at radius 1 is 1.33 bits per heavy atom. The summed E-state index contributed by atoms with van der Waals surface area (Å²) in [4.78, 5) is 9.82. The molecule has 21 heavy (non-hydrogen) atoms. The van der Waals surface area contributed by atoms with E-state index in [2.05, 4.69) is 15.8 Å². The van der Waals surface area contributed by atoms with Gasteiger partial charge in [0.25, 0.3) is 0 Å². The first kappa shape index (κ1) is 14.7. The third-order valence-corrected chi connectivity index (χ3v) is 2.68. The van der Waals surface area contributed by atoms with Gasteiger partial charge in [-0.1, -0.05) is 30.3 Å². The Hall–Kier alpha value is -2.74. The largest absolute Gasteiger partial charge is 0.433 e. The van der Waals surface area contributed by atoms with Crippen LogP contribution in [-0.4, -0.2) is 16.3 Å². The molecule has 0 aliphatic carbocycles. The molecule has 0 aliphatic rings. The molecule has 0 bridgehead atoms. The number of thiocarbonyl (C=S) groups is 1. The van der Waals surface area contributed by atoms with Crippen LogP contribution in [0.1, 0.15) is 11.3 Å². The lowest BCUT2D eigenvalue weighted by Gasteiger charge is -2.06. The molecule has 1 aromatic heterocycles. The maximum Gasteiger partial charge on any atom is 0.433 e. The van der Waals surface area contributed by atoms with E-state index < -0.39 is 4.92 Å². The minimum absolute atomic E-state index is 0.264. The molecule has 0 radical (unpaired) electrons. The second-order valence-corrected chi connectivity index (χ2v) is 4.38. The van der Waals surface area contributed by atoms with Gasteiger partial charge in [-0.3, -0.25) is 15.5 Å². The summed E-state index contributed by atoms with van der Waals surface area (Å²) in [6.07, 6.45) is 1.31. The minimum atomic E-state index is -0.614. The first-order valence-corrected chi connectivity index (χ1v) is 6.41. The summed E-state index contributed by atoms with van der Waals surface area (Å²) in [5.41, 5.74) is 3.69. The summed E-state index contributed by atoms with van der Waals surface area (Å²) >= 11 is 5.04. The van der Waals surface area contributed by atoms with Crippen LogP contribution in [-0.2, 0) is 6.54 Å². The second-order valence-electron chi connectivity index (χ2n) is 3.97. The maximum atomic E-state index is 10.4. The Morgan fingerprint density at radius 2 is 2.10 bits per heavy atom. The third-order valence-electron chi connectivity index (χ3n) is 2.45. The SMILES string of the molecule is O=[N+]([O-])c1ccc(/C=N\NC(=S)NCc2ccccc2)o1. The standard InChI is InChI=1S/C13H12N4O3S/c18-17(19)12-7-6-11(20-12)9-15-16-13(21)14-8-10-4-2-1-3-5-10/h1-7,9H,8H2,(H2,14,16,21)/b15-9-. The predicted molar refractivity (Wildman–Crippen MR) is 82.0 cm³/mol. The van der Waals surface area contributed by atoms with Gasteiger partial charge in [-0.2, -0.15) is 5.10 Å². The molecular formula is C13H12N4O3S. The number of nitro groups is 1. The normalized spacial score (nSPS) is 10.5. The van der Waals surface area contributed by atoms with E-state index in [0.717, 1.165) is 5.56 Å². The fraction of sp³-hybridized carbons (Fsp3) is 0.0769. The molecule has 2 aromatic rings. The van der Waals surface area contributed by atoms with Crippen molar-refractivity contribution in [2.75, 3.05) is 0 Å². The number of rotatable bonds is 5. The Kier molecular flexibility index (Phi) is 4.99. The second kappa shape index (κ2) is 7.15. The van der Waals surface area contributed by atoms with Crippen molar-refractivity contribution >= 4 is 29.4 Å². The molecule has 8 heteroatoms. The molecule has 0 unspecified atom stereocenters. The summed E-state index contributed by atoms with van der Waals surface area (Å²) in [6.45, 7) is 0.578. The van der Waals surface area contributed by atoms with Crippen LogP contribution in [0.25, 0.3) is 0 Å². The zero-order valence-electron chi connectivity index (χ0n) is 10.9. The molecule has 0 saturated heterocycles. The molecule has 0 spiro atoms. The number of nitrogens with zero attached hydrogens (tertiary/aromatic N) is 2. The van der Waals surface area contributed by atoms with E-state index in [1.165, 1.54) is 18.3 Å². The van der Waals surface area contributed by atoms with Crippen molar-refractivity contribution in [3.8, 4) is 0 Å². The molecule has 2 N–H and O–H groups in total. The lowest BCUT2D eigenvalue weighted by Crippen LogP contribution is -2.31. The first-order valence-electron chi connectivity index (χ1n) is 6.00. The van der Waals surface area contributed by atoms with E-state index in [-0.39, 0.29) is 11.6 Å². The van der Waals surface area contributed by atoms with Gasteiger partial charge in [0.05, 0.1) is 12.3 Å². The van der Waals surface area contributed by atoms with Gasteiger partial charge >= 0.3 is 5.88 Å². The van der Waals surface area contributed by atoms with Crippen molar-refractivity contribution in [1.29, 1.82) is 0 Å². The van der Waals surface area contributed by atoms with Crippen molar-refractivity contribution in [3.63, 3.8) is 0 Å². The fourth-order valence-electron chi connectivity index (χ4n) is 1.48. The van der Waals surface area contributed by atoms with Gasteiger partial charge in [-0.05, 0) is 23.8 Å². The van der Waals surface area contributed by atoms with Crippen LogP contribution in [0.3, 0.4) is 0 Å². The van der Waals surface area contributed by atoms with Crippen LogP contribution in [0.4, 0.5) is 5.88 Å². The van der Waals surface area contributed by atoms with Crippen LogP contribution < -0.4 is 10.7 Å². The number of hydrazone groups is 1. The predicted octanol–water partition coefficient (Wildman–Crippen LogP) is 2.19. The monoisotopic (exact) mass is 304 g/mol. The fourth-order valence-corrected chi connectivity index (χ4v) is 1.61. The smallest absolute Gasteiger partial charge is 0.400 e. The van der Waals surface area contributed by atoms with Crippen LogP contribution in [0.2, 0.25) is 0 Å². The summed E-state index contributed by atoms with van der Waals surface area (Å²) < 4.78 is 4.90. The van der Waals surface area contributed by atoms with Crippen LogP contribution in [0, 0.1) is 10.1 Å². The topological polar surface area (TPSA) is 92.7 Å². The van der Waals surface area contributed by atoms with Crippen molar-refractivity contribution in [3.05, 3.63) is 63.9 Å². The van der Waals surface area contributed by atoms with Gasteiger partial charge in [-0.25, -0.2) is 0 Å².